The monoisotopic (exact) mass is 206 g/mol. The molecule has 0 aromatic carbocycles. The summed E-state index contributed by atoms with van der Waals surface area (Å²) in [5, 5.41) is 10.4. The minimum atomic E-state index is -0.699. The summed E-state index contributed by atoms with van der Waals surface area (Å²) in [6.07, 6.45) is 3.03. The van der Waals surface area contributed by atoms with E-state index in [-0.39, 0.29) is 0 Å². The largest absolute Gasteiger partial charge is 0.481 e. The van der Waals surface area contributed by atoms with E-state index in [0.717, 1.165) is 25.0 Å². The van der Waals surface area contributed by atoms with Gasteiger partial charge in [0.2, 0.25) is 0 Å². The van der Waals surface area contributed by atoms with E-state index in [1.807, 2.05) is 0 Å². The maximum atomic E-state index is 10.1. The van der Waals surface area contributed by atoms with E-state index in [9.17, 15) is 4.79 Å². The maximum absolute atomic E-state index is 10.1. The molecule has 0 spiro atoms. The molecule has 0 radical (unpaired) electrons. The van der Waals surface area contributed by atoms with E-state index in [1.165, 1.54) is 0 Å². The highest BCUT2D eigenvalue weighted by Gasteiger charge is 1.96. The summed E-state index contributed by atoms with van der Waals surface area (Å²) in [6.45, 7) is 3.69. The molecule has 12 heavy (non-hydrogen) atoms. The van der Waals surface area contributed by atoms with Crippen LogP contribution in [0.25, 0.3) is 0 Å². The number of carboxylic acid groups (broad SMARTS) is 1. The second-order valence-corrected chi connectivity index (χ2v) is 4.68. The number of carbonyl (C=O) groups is 1. The van der Waals surface area contributed by atoms with Crippen molar-refractivity contribution in [2.24, 2.45) is 0 Å². The number of hydrogen-bond acceptors (Lipinski definition) is 2. The highest BCUT2D eigenvalue weighted by Crippen LogP contribution is 1.99. The van der Waals surface area contributed by atoms with Crippen molar-refractivity contribution in [3.05, 3.63) is 6.92 Å². The number of rotatable bonds is 7. The Kier molecular flexibility index (Phi) is 8.93. The molecule has 2 nitrogen and oxygen atoms in total. The molecule has 0 unspecified atom stereocenters. The predicted molar refractivity (Wildman–Crippen MR) is 57.3 cm³/mol. The molecular weight excluding hydrogens is 192 g/mol. The van der Waals surface area contributed by atoms with Gasteiger partial charge in [0, 0.05) is 12.8 Å². The van der Waals surface area contributed by atoms with Crippen molar-refractivity contribution in [2.45, 2.75) is 25.7 Å². The van der Waals surface area contributed by atoms with Crippen LogP contribution < -0.4 is 0 Å². The van der Waals surface area contributed by atoms with Crippen LogP contribution in [0.3, 0.4) is 0 Å². The molecule has 0 fully saturated rings. The number of aliphatic carboxylic acids is 1. The van der Waals surface area contributed by atoms with Gasteiger partial charge in [0.15, 0.2) is 5.37 Å². The first kappa shape index (κ1) is 11.9. The van der Waals surface area contributed by atoms with Crippen molar-refractivity contribution in [3.63, 3.8) is 0 Å². The van der Waals surface area contributed by atoms with E-state index in [1.54, 1.807) is 21.2 Å². The van der Waals surface area contributed by atoms with Gasteiger partial charge in [-0.1, -0.05) is 5.75 Å². The number of unbranched alkanes of at least 4 members (excludes halogenated alkanes) is 2. The summed E-state index contributed by atoms with van der Waals surface area (Å²) in [7, 11) is 3.40. The van der Waals surface area contributed by atoms with Crippen LogP contribution in [0.1, 0.15) is 25.7 Å². The zero-order chi connectivity index (χ0) is 9.23. The fourth-order valence-corrected chi connectivity index (χ4v) is 1.97. The minimum Gasteiger partial charge on any atom is -0.481 e. The molecule has 4 heteroatoms. The van der Waals surface area contributed by atoms with Crippen molar-refractivity contribution in [1.82, 2.24) is 0 Å². The summed E-state index contributed by atoms with van der Waals surface area (Å²) in [5.41, 5.74) is 0. The number of hydrogen-bond donors (Lipinski definition) is 1. The lowest BCUT2D eigenvalue weighted by atomic mass is 10.2. The average Bonchev–Trinajstić information content (AvgIpc) is 2.02. The highest BCUT2D eigenvalue weighted by atomic mass is 33.1. The van der Waals surface area contributed by atoms with Gasteiger partial charge in [-0.2, -0.15) is 0 Å². The summed E-state index contributed by atoms with van der Waals surface area (Å²) in [4.78, 5) is 10.1. The van der Waals surface area contributed by atoms with Crippen LogP contribution in [0.5, 0.6) is 0 Å². The molecule has 0 saturated heterocycles. The van der Waals surface area contributed by atoms with Crippen LogP contribution in [-0.2, 0) is 15.2 Å². The summed E-state index contributed by atoms with van der Waals surface area (Å²) in [5.74, 6) is 0.172. The highest BCUT2D eigenvalue weighted by molar-refractivity contribution is 8.65. The first-order valence-corrected chi connectivity index (χ1v) is 6.26. The average molecular weight is 206 g/mol. The van der Waals surface area contributed by atoms with Gasteiger partial charge in [0.1, 0.15) is 10.8 Å². The van der Waals surface area contributed by atoms with Crippen molar-refractivity contribution in [3.8, 4) is 0 Å². The van der Waals surface area contributed by atoms with Crippen LogP contribution in [0.15, 0.2) is 0 Å². The van der Waals surface area contributed by atoms with Crippen LogP contribution in [-0.4, -0.2) is 22.2 Å². The predicted octanol–water partition coefficient (Wildman–Crippen LogP) is 2.00. The summed E-state index contributed by atoms with van der Waals surface area (Å²) in [6, 6.07) is 0. The minimum absolute atomic E-state index is 0.293. The van der Waals surface area contributed by atoms with Gasteiger partial charge in [-0.3, -0.25) is 4.79 Å². The van der Waals surface area contributed by atoms with Crippen LogP contribution in [0, 0.1) is 6.92 Å². The Morgan fingerprint density at radius 1 is 1.58 bits per heavy atom. The third-order valence-electron chi connectivity index (χ3n) is 1.18. The molecule has 0 rings (SSSR count). The van der Waals surface area contributed by atoms with Gasteiger partial charge in [-0.15, -0.1) is 0 Å². The second kappa shape index (κ2) is 9.00. The Bertz CT molecular complexity index is 146. The third kappa shape index (κ3) is 9.91. The fourth-order valence-electron chi connectivity index (χ4n) is 0.648. The Morgan fingerprint density at radius 2 is 2.33 bits per heavy atom. The zero-order valence-electron chi connectivity index (χ0n) is 6.99. The number of carboxylic acids is 1. The standard InChI is InChI=1S/C8H14O2S2/c1-2-11-12-7-5-3-4-6-8(9)10/h7H,1-6H2,(H,9,10). The van der Waals surface area contributed by atoms with Crippen LogP contribution in [0.2, 0.25) is 0 Å². The zero-order valence-corrected chi connectivity index (χ0v) is 8.62. The fraction of sp³-hybridized carbons (Fsp3) is 0.625. The smallest absolute Gasteiger partial charge is 0.303 e. The van der Waals surface area contributed by atoms with Gasteiger partial charge in [0.05, 0.1) is 0 Å². The van der Waals surface area contributed by atoms with Crippen molar-refractivity contribution >= 4 is 32.5 Å². The van der Waals surface area contributed by atoms with Gasteiger partial charge < -0.3 is 12.0 Å². The molecule has 0 heterocycles. The van der Waals surface area contributed by atoms with E-state index >= 15 is 0 Å². The first-order valence-electron chi connectivity index (χ1n) is 3.88. The SMILES string of the molecule is [CH2-]CS[S+]=CCCCCC(=O)O. The molecule has 0 saturated carbocycles. The molecule has 1 N–H and O–H groups in total. The molecule has 70 valence electrons. The molecular formula is C8H14O2S2. The van der Waals surface area contributed by atoms with Crippen LogP contribution in [0.4, 0.5) is 0 Å². The molecule has 0 amide bonds. The topological polar surface area (TPSA) is 37.3 Å². The lowest BCUT2D eigenvalue weighted by Crippen LogP contribution is -1.93. The molecule has 0 aliphatic rings. The normalized spacial score (nSPS) is 10.8. The van der Waals surface area contributed by atoms with E-state index in [2.05, 4.69) is 12.3 Å². The Morgan fingerprint density at radius 3 is 2.92 bits per heavy atom. The quantitative estimate of drug-likeness (QED) is 0.228. The lowest BCUT2D eigenvalue weighted by Gasteiger charge is -1.89. The van der Waals surface area contributed by atoms with Crippen molar-refractivity contribution in [2.75, 3.05) is 5.75 Å². The second-order valence-electron chi connectivity index (χ2n) is 2.22. The Hall–Kier alpha value is -0.0900. The van der Waals surface area contributed by atoms with E-state index < -0.39 is 5.97 Å². The molecule has 0 bridgehead atoms. The van der Waals surface area contributed by atoms with Crippen molar-refractivity contribution in [1.29, 1.82) is 0 Å². The lowest BCUT2D eigenvalue weighted by molar-refractivity contribution is -0.137. The molecule has 0 aromatic rings. The van der Waals surface area contributed by atoms with E-state index in [4.69, 9.17) is 5.11 Å². The first-order chi connectivity index (χ1) is 5.77. The molecule has 0 aliphatic heterocycles. The summed E-state index contributed by atoms with van der Waals surface area (Å²) < 4.78 is 0. The van der Waals surface area contributed by atoms with Gasteiger partial charge in [-0.05, 0) is 12.8 Å². The molecule has 0 aromatic heterocycles. The van der Waals surface area contributed by atoms with Gasteiger partial charge in [0.25, 0.3) is 10.4 Å². The van der Waals surface area contributed by atoms with Gasteiger partial charge >= 0.3 is 5.97 Å². The summed E-state index contributed by atoms with van der Waals surface area (Å²) >= 11 is 0. The van der Waals surface area contributed by atoms with Crippen LogP contribution >= 0.6 is 10.8 Å². The Balaban J connectivity index is 3.05. The maximum Gasteiger partial charge on any atom is 0.303 e. The van der Waals surface area contributed by atoms with Gasteiger partial charge in [-0.25, -0.2) is 0 Å². The molecule has 0 atom stereocenters. The molecule has 0 aliphatic carbocycles. The van der Waals surface area contributed by atoms with E-state index in [0.29, 0.717) is 6.42 Å². The van der Waals surface area contributed by atoms with Crippen molar-refractivity contribution < 1.29 is 9.90 Å². The third-order valence-corrected chi connectivity index (χ3v) is 3.17. The Labute approximate surface area is 81.1 Å².